The molecule has 0 aliphatic carbocycles. The molecule has 0 unspecified atom stereocenters. The highest BCUT2D eigenvalue weighted by molar-refractivity contribution is 5.90. The number of carbonyl (C=O) groups is 4. The Kier molecular flexibility index (Phi) is 14.8. The van der Waals surface area contributed by atoms with E-state index < -0.39 is 11.8 Å². The molecule has 7 heteroatoms. The average Bonchev–Trinajstić information content (AvgIpc) is 2.67. The van der Waals surface area contributed by atoms with Crippen LogP contribution in [0, 0.1) is 11.3 Å². The van der Waals surface area contributed by atoms with Crippen LogP contribution in [0.2, 0.25) is 0 Å². The molecule has 30 heavy (non-hydrogen) atoms. The predicted octanol–water partition coefficient (Wildman–Crippen LogP) is 3.54. The quantitative estimate of drug-likeness (QED) is 0.290. The highest BCUT2D eigenvalue weighted by Crippen LogP contribution is 2.23. The molecule has 1 atom stereocenters. The number of hydrogen-bond acceptors (Lipinski definition) is 5. The number of esters is 1. The highest BCUT2D eigenvalue weighted by Gasteiger charge is 2.23. The zero-order chi connectivity index (χ0) is 23.0. The fourth-order valence-corrected chi connectivity index (χ4v) is 3.00. The Morgan fingerprint density at radius 3 is 2.13 bits per heavy atom. The first-order valence-electron chi connectivity index (χ1n) is 11.3. The maximum absolute atomic E-state index is 12.3. The first-order valence-corrected chi connectivity index (χ1v) is 11.3. The van der Waals surface area contributed by atoms with Gasteiger partial charge in [0.05, 0.1) is 25.6 Å². The lowest BCUT2D eigenvalue weighted by atomic mass is 9.88. The van der Waals surface area contributed by atoms with Gasteiger partial charge in [0.15, 0.2) is 5.78 Å². The molecule has 0 radical (unpaired) electrons. The Morgan fingerprint density at radius 2 is 1.53 bits per heavy atom. The minimum Gasteiger partial charge on any atom is -0.466 e. The van der Waals surface area contributed by atoms with Crippen LogP contribution < -0.4 is 10.6 Å². The van der Waals surface area contributed by atoms with Gasteiger partial charge in [-0.05, 0) is 31.6 Å². The third kappa shape index (κ3) is 15.9. The van der Waals surface area contributed by atoms with E-state index in [4.69, 9.17) is 4.74 Å². The Hall–Kier alpha value is -1.92. The number of ether oxygens (including phenoxy) is 1. The van der Waals surface area contributed by atoms with Crippen LogP contribution in [0.4, 0.5) is 0 Å². The lowest BCUT2D eigenvalue weighted by molar-refractivity contribution is -0.149. The van der Waals surface area contributed by atoms with E-state index in [0.717, 1.165) is 38.5 Å². The van der Waals surface area contributed by atoms with Gasteiger partial charge in [0.25, 0.3) is 0 Å². The Labute approximate surface area is 182 Å². The molecule has 0 fully saturated rings. The second-order valence-electron chi connectivity index (χ2n) is 9.01. The largest absolute Gasteiger partial charge is 0.466 e. The predicted molar refractivity (Wildman–Crippen MR) is 118 cm³/mol. The summed E-state index contributed by atoms with van der Waals surface area (Å²) in [6.07, 6.45) is 6.82. The highest BCUT2D eigenvalue weighted by atomic mass is 16.5. The van der Waals surface area contributed by atoms with Gasteiger partial charge in [0.1, 0.15) is 0 Å². The lowest BCUT2D eigenvalue weighted by Crippen LogP contribution is -2.39. The molecule has 0 aliphatic rings. The molecule has 0 aromatic rings. The van der Waals surface area contributed by atoms with Gasteiger partial charge in [-0.15, -0.1) is 0 Å². The molecule has 0 heterocycles. The van der Waals surface area contributed by atoms with E-state index in [9.17, 15) is 19.2 Å². The van der Waals surface area contributed by atoms with Crippen molar-refractivity contribution in [3.63, 3.8) is 0 Å². The fourth-order valence-electron chi connectivity index (χ4n) is 3.00. The summed E-state index contributed by atoms with van der Waals surface area (Å²) in [6, 6.07) is 0. The molecule has 0 aliphatic heterocycles. The summed E-state index contributed by atoms with van der Waals surface area (Å²) in [6.45, 7) is 10.3. The molecule has 0 rings (SSSR count). The first-order chi connectivity index (χ1) is 14.1. The van der Waals surface area contributed by atoms with Crippen LogP contribution >= 0.6 is 0 Å². The van der Waals surface area contributed by atoms with Gasteiger partial charge in [-0.3, -0.25) is 19.2 Å². The number of rotatable bonds is 16. The van der Waals surface area contributed by atoms with E-state index >= 15 is 0 Å². The van der Waals surface area contributed by atoms with Crippen molar-refractivity contribution in [2.75, 3.05) is 19.7 Å². The van der Waals surface area contributed by atoms with Gasteiger partial charge >= 0.3 is 5.97 Å². The second kappa shape index (κ2) is 15.9. The van der Waals surface area contributed by atoms with Crippen molar-refractivity contribution in [1.29, 1.82) is 0 Å². The molecule has 7 nitrogen and oxygen atoms in total. The monoisotopic (exact) mass is 426 g/mol. The maximum Gasteiger partial charge on any atom is 0.309 e. The number of carbonyl (C=O) groups excluding carboxylic acids is 4. The first kappa shape index (κ1) is 28.1. The molecule has 0 saturated heterocycles. The molecule has 174 valence electrons. The van der Waals surface area contributed by atoms with Gasteiger partial charge in [-0.2, -0.15) is 0 Å². The number of amides is 2. The van der Waals surface area contributed by atoms with Crippen LogP contribution in [0.25, 0.3) is 0 Å². The summed E-state index contributed by atoms with van der Waals surface area (Å²) in [5.41, 5.74) is 0.296. The minimum atomic E-state index is -0.474. The molecule has 2 amide bonds. The van der Waals surface area contributed by atoms with Crippen molar-refractivity contribution in [1.82, 2.24) is 10.6 Å². The van der Waals surface area contributed by atoms with Crippen LogP contribution in [-0.2, 0) is 23.9 Å². The van der Waals surface area contributed by atoms with Gasteiger partial charge in [0, 0.05) is 12.8 Å². The molecule has 0 spiro atoms. The fraction of sp³-hybridized carbons (Fsp3) is 0.826. The van der Waals surface area contributed by atoms with Gasteiger partial charge in [-0.1, -0.05) is 53.4 Å². The van der Waals surface area contributed by atoms with Gasteiger partial charge in [-0.25, -0.2) is 0 Å². The van der Waals surface area contributed by atoms with E-state index in [2.05, 4.69) is 31.4 Å². The smallest absolute Gasteiger partial charge is 0.309 e. The summed E-state index contributed by atoms with van der Waals surface area (Å²) in [7, 11) is 0. The van der Waals surface area contributed by atoms with Crippen LogP contribution in [0.5, 0.6) is 0 Å². The topological polar surface area (TPSA) is 102 Å². The van der Waals surface area contributed by atoms with Crippen molar-refractivity contribution in [2.45, 2.75) is 92.4 Å². The third-order valence-electron chi connectivity index (χ3n) is 4.76. The van der Waals surface area contributed by atoms with E-state index in [-0.39, 0.29) is 43.8 Å². The summed E-state index contributed by atoms with van der Waals surface area (Å²) in [4.78, 5) is 47.8. The van der Waals surface area contributed by atoms with Crippen LogP contribution in [0.1, 0.15) is 92.4 Å². The third-order valence-corrected chi connectivity index (χ3v) is 4.76. The maximum atomic E-state index is 12.3. The van der Waals surface area contributed by atoms with Crippen LogP contribution in [-0.4, -0.2) is 43.3 Å². The van der Waals surface area contributed by atoms with Gasteiger partial charge < -0.3 is 15.4 Å². The molecular formula is C23H42N2O5. The lowest BCUT2D eigenvalue weighted by Gasteiger charge is -2.18. The van der Waals surface area contributed by atoms with E-state index in [1.807, 2.05) is 6.92 Å². The molecule has 0 aromatic heterocycles. The summed E-state index contributed by atoms with van der Waals surface area (Å²) in [5, 5.41) is 5.04. The van der Waals surface area contributed by atoms with Gasteiger partial charge in [0.2, 0.25) is 11.8 Å². The summed E-state index contributed by atoms with van der Waals surface area (Å²) < 4.78 is 5.11. The summed E-state index contributed by atoms with van der Waals surface area (Å²) in [5.74, 6) is -1.63. The Balaban J connectivity index is 4.32. The number of hydrogen-bond donors (Lipinski definition) is 2. The Bertz CT molecular complexity index is 540. The number of Topliss-reactive ketones (excluding diaryl/α,β-unsaturated/α-hetero) is 1. The molecule has 0 saturated carbocycles. The summed E-state index contributed by atoms with van der Waals surface area (Å²) >= 11 is 0. The molecule has 2 N–H and O–H groups in total. The van der Waals surface area contributed by atoms with Crippen LogP contribution in [0.15, 0.2) is 0 Å². The van der Waals surface area contributed by atoms with E-state index in [0.29, 0.717) is 18.3 Å². The van der Waals surface area contributed by atoms with Crippen LogP contribution in [0.3, 0.4) is 0 Å². The Morgan fingerprint density at radius 1 is 0.867 bits per heavy atom. The number of ketones is 1. The van der Waals surface area contributed by atoms with E-state index in [1.54, 1.807) is 6.92 Å². The SMILES string of the molecule is CCCCC(=O)NCC(=O)NCC(=O)C[C@@H](CCCCCC(C)(C)C)C(=O)OCC. The normalized spacial score (nSPS) is 12.2. The van der Waals surface area contributed by atoms with Crippen molar-refractivity contribution >= 4 is 23.6 Å². The van der Waals surface area contributed by atoms with Crippen molar-refractivity contribution in [3.8, 4) is 0 Å². The second-order valence-corrected chi connectivity index (χ2v) is 9.01. The standard InChI is InChI=1S/C23H42N2O5/c1-6-8-13-20(27)25-17-21(28)24-16-19(26)15-18(22(29)30-7-2)12-10-9-11-14-23(3,4)5/h18H,6-17H2,1-5H3,(H,24,28)(H,25,27)/t18-/m1/s1. The minimum absolute atomic E-state index is 0.0568. The molecule has 0 aromatic carbocycles. The molecule has 0 bridgehead atoms. The molecular weight excluding hydrogens is 384 g/mol. The van der Waals surface area contributed by atoms with Crippen molar-refractivity contribution in [2.24, 2.45) is 11.3 Å². The number of unbranched alkanes of at least 4 members (excludes halogenated alkanes) is 3. The van der Waals surface area contributed by atoms with Crippen molar-refractivity contribution in [3.05, 3.63) is 0 Å². The zero-order valence-electron chi connectivity index (χ0n) is 19.6. The van der Waals surface area contributed by atoms with Crippen molar-refractivity contribution < 1.29 is 23.9 Å². The van der Waals surface area contributed by atoms with E-state index in [1.165, 1.54) is 0 Å². The zero-order valence-corrected chi connectivity index (χ0v) is 19.6. The average molecular weight is 427 g/mol. The number of nitrogens with one attached hydrogen (secondary N) is 2.